The first-order valence-corrected chi connectivity index (χ1v) is 6.32. The summed E-state index contributed by atoms with van der Waals surface area (Å²) in [5.74, 6) is 0. The maximum absolute atomic E-state index is 9.14. The molecule has 1 rings (SSSR count). The molecule has 3 heteroatoms. The Morgan fingerprint density at radius 3 is 2.67 bits per heavy atom. The van der Waals surface area contributed by atoms with E-state index in [1.165, 1.54) is 32.1 Å². The predicted octanol–water partition coefficient (Wildman–Crippen LogP) is 1.70. The number of aliphatic hydroxyl groups excluding tert-OH is 1. The van der Waals surface area contributed by atoms with Gasteiger partial charge in [0.25, 0.3) is 0 Å². The fourth-order valence-corrected chi connectivity index (χ4v) is 2.01. The lowest BCUT2D eigenvalue weighted by Crippen LogP contribution is -2.38. The maximum atomic E-state index is 9.14. The molecule has 15 heavy (non-hydrogen) atoms. The number of hydrogen-bond acceptors (Lipinski definition) is 3. The van der Waals surface area contributed by atoms with Crippen LogP contribution < -0.4 is 5.32 Å². The zero-order valence-electron chi connectivity index (χ0n) is 9.87. The van der Waals surface area contributed by atoms with Gasteiger partial charge in [0.15, 0.2) is 0 Å². The Kier molecular flexibility index (Phi) is 6.98. The lowest BCUT2D eigenvalue weighted by Gasteiger charge is -2.24. The number of ether oxygens (including phenoxy) is 1. The monoisotopic (exact) mass is 215 g/mol. The van der Waals surface area contributed by atoms with Gasteiger partial charge < -0.3 is 15.2 Å². The van der Waals surface area contributed by atoms with E-state index in [1.807, 2.05) is 0 Å². The fourth-order valence-electron chi connectivity index (χ4n) is 2.01. The maximum Gasteiger partial charge on any atom is 0.0645 e. The van der Waals surface area contributed by atoms with Gasteiger partial charge in [0.05, 0.1) is 25.4 Å². The molecule has 0 radical (unpaired) electrons. The molecule has 1 unspecified atom stereocenters. The molecule has 0 aromatic heterocycles. The van der Waals surface area contributed by atoms with Crippen molar-refractivity contribution in [1.29, 1.82) is 0 Å². The topological polar surface area (TPSA) is 41.5 Å². The highest BCUT2D eigenvalue weighted by Gasteiger charge is 2.15. The van der Waals surface area contributed by atoms with Gasteiger partial charge in [-0.1, -0.05) is 26.2 Å². The highest BCUT2D eigenvalue weighted by molar-refractivity contribution is 4.69. The van der Waals surface area contributed by atoms with Gasteiger partial charge in [-0.25, -0.2) is 0 Å². The van der Waals surface area contributed by atoms with E-state index in [0.29, 0.717) is 12.7 Å². The Morgan fingerprint density at radius 1 is 1.33 bits per heavy atom. The Bertz CT molecular complexity index is 147. The summed E-state index contributed by atoms with van der Waals surface area (Å²) in [5, 5.41) is 12.4. The predicted molar refractivity (Wildman–Crippen MR) is 62.0 cm³/mol. The summed E-state index contributed by atoms with van der Waals surface area (Å²) in [6, 6.07) is 0.117. The van der Waals surface area contributed by atoms with Gasteiger partial charge in [-0.2, -0.15) is 0 Å². The van der Waals surface area contributed by atoms with Crippen LogP contribution in [0.2, 0.25) is 0 Å². The van der Waals surface area contributed by atoms with Crippen molar-refractivity contribution in [3.63, 3.8) is 0 Å². The Labute approximate surface area is 93.2 Å². The van der Waals surface area contributed by atoms with Crippen molar-refractivity contribution in [1.82, 2.24) is 5.32 Å². The Hall–Kier alpha value is -0.120. The molecule has 1 atom stereocenters. The van der Waals surface area contributed by atoms with Crippen molar-refractivity contribution in [3.05, 3.63) is 0 Å². The van der Waals surface area contributed by atoms with Crippen LogP contribution in [0.25, 0.3) is 0 Å². The number of aliphatic hydroxyl groups is 1. The van der Waals surface area contributed by atoms with Crippen LogP contribution in [-0.4, -0.2) is 37.0 Å². The largest absolute Gasteiger partial charge is 0.395 e. The van der Waals surface area contributed by atoms with E-state index in [1.54, 1.807) is 0 Å². The smallest absolute Gasteiger partial charge is 0.0645 e. The molecule has 0 heterocycles. The Morgan fingerprint density at radius 2 is 2.07 bits per heavy atom. The molecule has 0 bridgehead atoms. The van der Waals surface area contributed by atoms with Crippen molar-refractivity contribution in [2.75, 3.05) is 19.8 Å². The molecule has 1 aliphatic carbocycles. The van der Waals surface area contributed by atoms with Crippen molar-refractivity contribution in [3.8, 4) is 0 Å². The highest BCUT2D eigenvalue weighted by atomic mass is 16.5. The molecule has 90 valence electrons. The van der Waals surface area contributed by atoms with E-state index in [4.69, 9.17) is 9.84 Å². The zero-order valence-corrected chi connectivity index (χ0v) is 9.87. The normalized spacial score (nSPS) is 20.4. The summed E-state index contributed by atoms with van der Waals surface area (Å²) in [6.45, 7) is 3.91. The molecule has 1 saturated carbocycles. The molecule has 0 saturated heterocycles. The summed E-state index contributed by atoms with van der Waals surface area (Å²) in [5.41, 5.74) is 0. The second-order valence-corrected chi connectivity index (χ2v) is 4.43. The van der Waals surface area contributed by atoms with Crippen LogP contribution in [-0.2, 0) is 4.74 Å². The van der Waals surface area contributed by atoms with Crippen molar-refractivity contribution >= 4 is 0 Å². The molecule has 1 fully saturated rings. The first kappa shape index (κ1) is 12.9. The minimum atomic E-state index is 0.117. The molecule has 3 nitrogen and oxygen atoms in total. The molecule has 1 aliphatic rings. The van der Waals surface area contributed by atoms with E-state index < -0.39 is 0 Å². The van der Waals surface area contributed by atoms with Crippen LogP contribution in [0.3, 0.4) is 0 Å². The van der Waals surface area contributed by atoms with Gasteiger partial charge in [0, 0.05) is 0 Å². The third-order valence-corrected chi connectivity index (χ3v) is 2.99. The number of rotatable bonds is 7. The van der Waals surface area contributed by atoms with E-state index in [2.05, 4.69) is 12.2 Å². The van der Waals surface area contributed by atoms with Crippen LogP contribution in [0, 0.1) is 0 Å². The average molecular weight is 215 g/mol. The number of nitrogens with one attached hydrogen (secondary N) is 1. The van der Waals surface area contributed by atoms with E-state index >= 15 is 0 Å². The SMILES string of the molecule is CCCNC(CO)COC1CCCCC1. The van der Waals surface area contributed by atoms with Crippen molar-refractivity contribution in [2.24, 2.45) is 0 Å². The molecule has 2 N–H and O–H groups in total. The van der Waals surface area contributed by atoms with Crippen LogP contribution in [0.15, 0.2) is 0 Å². The second kappa shape index (κ2) is 8.08. The molecule has 0 aliphatic heterocycles. The van der Waals surface area contributed by atoms with E-state index in [9.17, 15) is 0 Å². The standard InChI is InChI=1S/C12H25NO2/c1-2-8-13-11(9-14)10-15-12-6-4-3-5-7-12/h11-14H,2-10H2,1H3. The summed E-state index contributed by atoms with van der Waals surface area (Å²) in [7, 11) is 0. The fraction of sp³-hybridized carbons (Fsp3) is 1.00. The van der Waals surface area contributed by atoms with Crippen molar-refractivity contribution < 1.29 is 9.84 Å². The van der Waals surface area contributed by atoms with E-state index in [0.717, 1.165) is 13.0 Å². The molecule has 0 aromatic rings. The van der Waals surface area contributed by atoms with Crippen LogP contribution >= 0.6 is 0 Å². The molecular formula is C12H25NO2. The second-order valence-electron chi connectivity index (χ2n) is 4.43. The van der Waals surface area contributed by atoms with Gasteiger partial charge in [0.2, 0.25) is 0 Å². The summed E-state index contributed by atoms with van der Waals surface area (Å²) < 4.78 is 5.81. The van der Waals surface area contributed by atoms with Crippen LogP contribution in [0.5, 0.6) is 0 Å². The summed E-state index contributed by atoms with van der Waals surface area (Å²) in [4.78, 5) is 0. The minimum Gasteiger partial charge on any atom is -0.395 e. The Balaban J connectivity index is 2.09. The van der Waals surface area contributed by atoms with Crippen LogP contribution in [0.4, 0.5) is 0 Å². The first-order valence-electron chi connectivity index (χ1n) is 6.32. The lowest BCUT2D eigenvalue weighted by atomic mass is 9.98. The van der Waals surface area contributed by atoms with Gasteiger partial charge >= 0.3 is 0 Å². The molecular weight excluding hydrogens is 190 g/mol. The van der Waals surface area contributed by atoms with Gasteiger partial charge in [-0.3, -0.25) is 0 Å². The molecule has 0 amide bonds. The lowest BCUT2D eigenvalue weighted by molar-refractivity contribution is 0.00735. The summed E-state index contributed by atoms with van der Waals surface area (Å²) in [6.07, 6.45) is 7.90. The van der Waals surface area contributed by atoms with Crippen molar-refractivity contribution in [2.45, 2.75) is 57.6 Å². The molecule has 0 spiro atoms. The zero-order chi connectivity index (χ0) is 10.9. The third-order valence-electron chi connectivity index (χ3n) is 2.99. The van der Waals surface area contributed by atoms with Gasteiger partial charge in [0.1, 0.15) is 0 Å². The van der Waals surface area contributed by atoms with Gasteiger partial charge in [-0.15, -0.1) is 0 Å². The number of hydrogen-bond donors (Lipinski definition) is 2. The van der Waals surface area contributed by atoms with Gasteiger partial charge in [-0.05, 0) is 25.8 Å². The van der Waals surface area contributed by atoms with E-state index in [-0.39, 0.29) is 12.6 Å². The average Bonchev–Trinajstić information content (AvgIpc) is 2.31. The summed E-state index contributed by atoms with van der Waals surface area (Å²) >= 11 is 0. The van der Waals surface area contributed by atoms with Crippen LogP contribution in [0.1, 0.15) is 45.4 Å². The minimum absolute atomic E-state index is 0.117. The molecule has 0 aromatic carbocycles. The third kappa shape index (κ3) is 5.50. The quantitative estimate of drug-likeness (QED) is 0.679. The first-order chi connectivity index (χ1) is 7.36. The highest BCUT2D eigenvalue weighted by Crippen LogP contribution is 2.20.